The molecule has 3 rings (SSSR count). The second-order valence-corrected chi connectivity index (χ2v) is 5.85. The molecule has 6 heteroatoms. The van der Waals surface area contributed by atoms with E-state index in [0.29, 0.717) is 11.3 Å². The second-order valence-electron chi connectivity index (χ2n) is 3.87. The van der Waals surface area contributed by atoms with Gasteiger partial charge in [0.15, 0.2) is 0 Å². The summed E-state index contributed by atoms with van der Waals surface area (Å²) in [6.07, 6.45) is 0.479. The summed E-state index contributed by atoms with van der Waals surface area (Å²) in [6.45, 7) is 0. The zero-order valence-corrected chi connectivity index (χ0v) is 10.8. The van der Waals surface area contributed by atoms with Gasteiger partial charge in [-0.1, -0.05) is 17.4 Å². The summed E-state index contributed by atoms with van der Waals surface area (Å²) in [5.74, 6) is 0.184. The van der Waals surface area contributed by atoms with Gasteiger partial charge in [0.05, 0.1) is 4.88 Å². The third-order valence-electron chi connectivity index (χ3n) is 2.73. The van der Waals surface area contributed by atoms with Gasteiger partial charge < -0.3 is 10.2 Å². The van der Waals surface area contributed by atoms with Gasteiger partial charge in [0.25, 0.3) is 0 Å². The lowest BCUT2D eigenvalue weighted by Crippen LogP contribution is -1.89. The van der Waals surface area contributed by atoms with Crippen LogP contribution >= 0.6 is 22.7 Å². The Morgan fingerprint density at radius 2 is 2.06 bits per heavy atom. The van der Waals surface area contributed by atoms with Gasteiger partial charge >= 0.3 is 4.87 Å². The van der Waals surface area contributed by atoms with Crippen molar-refractivity contribution < 1.29 is 10.2 Å². The minimum atomic E-state index is -0.260. The Hall–Kier alpha value is -1.79. The fourth-order valence-corrected chi connectivity index (χ4v) is 3.57. The molecular formula is C12H9NO3S2. The minimum absolute atomic E-state index is 0.0669. The van der Waals surface area contributed by atoms with Crippen LogP contribution in [0.2, 0.25) is 0 Å². The highest BCUT2D eigenvalue weighted by Gasteiger charge is 2.12. The van der Waals surface area contributed by atoms with Crippen LogP contribution in [0.25, 0.3) is 10.1 Å². The van der Waals surface area contributed by atoms with Crippen LogP contribution in [0.5, 0.6) is 11.6 Å². The van der Waals surface area contributed by atoms with E-state index in [1.54, 1.807) is 6.07 Å². The number of hydrogen-bond donors (Lipinski definition) is 3. The lowest BCUT2D eigenvalue weighted by Gasteiger charge is -2.03. The van der Waals surface area contributed by atoms with E-state index >= 15 is 0 Å². The minimum Gasteiger partial charge on any atom is -0.507 e. The van der Waals surface area contributed by atoms with Gasteiger partial charge in [-0.05, 0) is 23.1 Å². The second kappa shape index (κ2) is 4.15. The number of thiophene rings is 1. The first-order chi connectivity index (χ1) is 8.65. The number of aromatic amines is 1. The third-order valence-corrected chi connectivity index (χ3v) is 4.59. The van der Waals surface area contributed by atoms with E-state index in [1.165, 1.54) is 11.3 Å². The average molecular weight is 279 g/mol. The molecule has 0 bridgehead atoms. The maximum Gasteiger partial charge on any atom is 0.307 e. The molecule has 1 aromatic carbocycles. The first-order valence-corrected chi connectivity index (χ1v) is 6.94. The molecular weight excluding hydrogens is 270 g/mol. The monoisotopic (exact) mass is 279 g/mol. The molecule has 2 heterocycles. The molecule has 0 amide bonds. The summed E-state index contributed by atoms with van der Waals surface area (Å²) in [7, 11) is 0. The molecule has 92 valence electrons. The maximum atomic E-state index is 11.1. The zero-order valence-electron chi connectivity index (χ0n) is 9.14. The Labute approximate surface area is 110 Å². The quantitative estimate of drug-likeness (QED) is 0.675. The van der Waals surface area contributed by atoms with E-state index < -0.39 is 0 Å². The lowest BCUT2D eigenvalue weighted by atomic mass is 10.1. The largest absolute Gasteiger partial charge is 0.507 e. The van der Waals surface area contributed by atoms with Crippen molar-refractivity contribution >= 4 is 32.8 Å². The predicted octanol–water partition coefficient (Wildman–Crippen LogP) is 2.65. The van der Waals surface area contributed by atoms with E-state index in [-0.39, 0.29) is 16.5 Å². The summed E-state index contributed by atoms with van der Waals surface area (Å²) in [5.41, 5.74) is 0.989. The number of phenolic OH excluding ortho intramolecular Hbond substituents is 1. The van der Waals surface area contributed by atoms with Crippen molar-refractivity contribution in [3.8, 4) is 11.6 Å². The fraction of sp³-hybridized carbons (Fsp3) is 0.0833. The number of phenols is 1. The van der Waals surface area contributed by atoms with E-state index in [2.05, 4.69) is 4.98 Å². The molecule has 0 atom stereocenters. The number of nitrogens with one attached hydrogen (secondary N) is 1. The summed E-state index contributed by atoms with van der Waals surface area (Å²) >= 11 is 2.54. The number of aromatic hydroxyl groups is 2. The molecule has 3 aromatic rings. The van der Waals surface area contributed by atoms with Crippen LogP contribution in [0.3, 0.4) is 0 Å². The molecule has 0 aliphatic heterocycles. The Bertz CT molecular complexity index is 769. The van der Waals surface area contributed by atoms with Crippen molar-refractivity contribution in [2.24, 2.45) is 0 Å². The van der Waals surface area contributed by atoms with E-state index in [4.69, 9.17) is 0 Å². The highest BCUT2D eigenvalue weighted by Crippen LogP contribution is 2.34. The number of benzene rings is 1. The molecule has 4 nitrogen and oxygen atoms in total. The van der Waals surface area contributed by atoms with Crippen molar-refractivity contribution in [3.05, 3.63) is 43.7 Å². The number of thiazole rings is 1. The van der Waals surface area contributed by atoms with Gasteiger partial charge in [-0.25, -0.2) is 0 Å². The van der Waals surface area contributed by atoms with Crippen molar-refractivity contribution in [2.75, 3.05) is 0 Å². The van der Waals surface area contributed by atoms with Gasteiger partial charge in [-0.2, -0.15) is 0 Å². The Morgan fingerprint density at radius 3 is 2.78 bits per heavy atom. The Kier molecular flexibility index (Phi) is 2.61. The molecule has 0 saturated heterocycles. The van der Waals surface area contributed by atoms with Crippen LogP contribution in [0.1, 0.15) is 10.4 Å². The molecule has 3 N–H and O–H groups in total. The third kappa shape index (κ3) is 1.79. The molecule has 0 aliphatic rings. The number of rotatable bonds is 2. The smallest absolute Gasteiger partial charge is 0.307 e. The van der Waals surface area contributed by atoms with Gasteiger partial charge in [0.2, 0.25) is 5.88 Å². The molecule has 0 fully saturated rings. The first-order valence-electron chi connectivity index (χ1n) is 5.24. The zero-order chi connectivity index (χ0) is 12.7. The lowest BCUT2D eigenvalue weighted by molar-refractivity contribution is 0.451. The number of aromatic nitrogens is 1. The molecule has 0 saturated carbocycles. The number of H-pyrrole nitrogens is 1. The van der Waals surface area contributed by atoms with Crippen molar-refractivity contribution in [2.45, 2.75) is 6.42 Å². The van der Waals surface area contributed by atoms with E-state index in [0.717, 1.165) is 27.0 Å². The fourth-order valence-electron chi connectivity index (χ4n) is 1.89. The van der Waals surface area contributed by atoms with Crippen LogP contribution in [0.15, 0.2) is 28.4 Å². The van der Waals surface area contributed by atoms with Crippen LogP contribution < -0.4 is 4.87 Å². The highest BCUT2D eigenvalue weighted by molar-refractivity contribution is 7.17. The standard InChI is InChI=1S/C12H9NO3S2/c14-8-2-1-6(10-7(8)3-4-17-10)5-9-11(15)13-12(16)18-9/h1-4,14-15H,5H2,(H,13,16). The summed E-state index contributed by atoms with van der Waals surface area (Å²) in [6, 6.07) is 5.31. The summed E-state index contributed by atoms with van der Waals surface area (Å²) in [5, 5.41) is 22.0. The summed E-state index contributed by atoms with van der Waals surface area (Å²) < 4.78 is 0.982. The molecule has 0 unspecified atom stereocenters. The van der Waals surface area contributed by atoms with E-state index in [1.807, 2.05) is 17.5 Å². The van der Waals surface area contributed by atoms with Gasteiger partial charge in [-0.15, -0.1) is 11.3 Å². The Balaban J connectivity index is 2.10. The van der Waals surface area contributed by atoms with Gasteiger partial charge in [-0.3, -0.25) is 9.78 Å². The molecule has 0 aliphatic carbocycles. The van der Waals surface area contributed by atoms with Crippen molar-refractivity contribution in [1.29, 1.82) is 0 Å². The topological polar surface area (TPSA) is 73.3 Å². The van der Waals surface area contributed by atoms with Crippen LogP contribution in [0, 0.1) is 0 Å². The molecule has 2 aromatic heterocycles. The summed E-state index contributed by atoms with van der Waals surface area (Å²) in [4.78, 5) is 13.8. The normalized spacial score (nSPS) is 11.1. The molecule has 0 spiro atoms. The van der Waals surface area contributed by atoms with Crippen LogP contribution in [0.4, 0.5) is 0 Å². The van der Waals surface area contributed by atoms with Crippen LogP contribution in [-0.2, 0) is 6.42 Å². The van der Waals surface area contributed by atoms with Gasteiger partial charge in [0.1, 0.15) is 5.75 Å². The maximum absolute atomic E-state index is 11.1. The molecule has 0 radical (unpaired) electrons. The highest BCUT2D eigenvalue weighted by atomic mass is 32.1. The SMILES string of the molecule is O=c1[nH]c(O)c(Cc2ccc(O)c3ccsc23)s1. The Morgan fingerprint density at radius 1 is 1.22 bits per heavy atom. The average Bonchev–Trinajstić information content (AvgIpc) is 2.91. The van der Waals surface area contributed by atoms with Crippen LogP contribution in [-0.4, -0.2) is 15.2 Å². The van der Waals surface area contributed by atoms with Crippen molar-refractivity contribution in [3.63, 3.8) is 0 Å². The predicted molar refractivity (Wildman–Crippen MR) is 72.9 cm³/mol. The van der Waals surface area contributed by atoms with E-state index in [9.17, 15) is 15.0 Å². The van der Waals surface area contributed by atoms with Crippen molar-refractivity contribution in [1.82, 2.24) is 4.98 Å². The van der Waals surface area contributed by atoms with Gasteiger partial charge in [0, 0.05) is 16.5 Å². The number of hydrogen-bond acceptors (Lipinski definition) is 5. The molecule has 18 heavy (non-hydrogen) atoms. The first kappa shape index (κ1) is 11.3. The number of fused-ring (bicyclic) bond motifs is 1.